The molecule has 1 saturated heterocycles. The van der Waals surface area contributed by atoms with E-state index < -0.39 is 5.54 Å². The molecule has 0 bridgehead atoms. The lowest BCUT2D eigenvalue weighted by atomic mass is 9.97. The van der Waals surface area contributed by atoms with Crippen LogP contribution >= 0.6 is 23.2 Å². The van der Waals surface area contributed by atoms with Crippen molar-refractivity contribution in [2.45, 2.75) is 31.7 Å². The monoisotopic (exact) mass is 340 g/mol. The largest absolute Gasteiger partial charge is 0.352 e. The van der Waals surface area contributed by atoms with Crippen molar-refractivity contribution in [1.29, 1.82) is 0 Å². The van der Waals surface area contributed by atoms with Crippen LogP contribution in [0.2, 0.25) is 10.0 Å². The maximum atomic E-state index is 12.7. The van der Waals surface area contributed by atoms with Gasteiger partial charge < -0.3 is 10.2 Å². The lowest BCUT2D eigenvalue weighted by molar-refractivity contribution is -0.150. The molecule has 22 heavy (non-hydrogen) atoms. The Hall–Kier alpha value is -1.26. The van der Waals surface area contributed by atoms with Gasteiger partial charge in [-0.05, 0) is 43.9 Å². The Morgan fingerprint density at radius 3 is 2.73 bits per heavy atom. The predicted octanol–water partition coefficient (Wildman–Crippen LogP) is 2.83. The van der Waals surface area contributed by atoms with Crippen LogP contribution in [-0.4, -0.2) is 35.3 Å². The van der Waals surface area contributed by atoms with E-state index in [9.17, 15) is 9.59 Å². The number of carbonyl (C=O) groups is 2. The van der Waals surface area contributed by atoms with E-state index in [0.29, 0.717) is 23.1 Å². The maximum absolute atomic E-state index is 12.7. The zero-order valence-corrected chi connectivity index (χ0v) is 14.0. The third-order valence-corrected chi connectivity index (χ3v) is 5.34. The highest BCUT2D eigenvalue weighted by Gasteiger charge is 2.50. The van der Waals surface area contributed by atoms with Crippen LogP contribution in [0.5, 0.6) is 0 Å². The van der Waals surface area contributed by atoms with Crippen molar-refractivity contribution < 1.29 is 9.59 Å². The maximum Gasteiger partial charge on any atom is 0.245 e. The molecule has 118 valence electrons. The van der Waals surface area contributed by atoms with Gasteiger partial charge in [0.25, 0.3) is 0 Å². The lowest BCUT2D eigenvalue weighted by Gasteiger charge is -2.41. The van der Waals surface area contributed by atoms with Crippen LogP contribution in [0.1, 0.15) is 31.7 Å². The molecule has 0 spiro atoms. The highest BCUT2D eigenvalue weighted by atomic mass is 35.5. The van der Waals surface area contributed by atoms with Gasteiger partial charge in [-0.15, -0.1) is 0 Å². The molecule has 2 atom stereocenters. The molecule has 0 radical (unpaired) electrons. The molecule has 6 heteroatoms. The lowest BCUT2D eigenvalue weighted by Crippen LogP contribution is -2.63. The topological polar surface area (TPSA) is 49.4 Å². The summed E-state index contributed by atoms with van der Waals surface area (Å²) in [5, 5.41) is 3.83. The van der Waals surface area contributed by atoms with Crippen LogP contribution < -0.4 is 5.32 Å². The Kier molecular flexibility index (Phi) is 3.86. The molecule has 1 aromatic rings. The number of hydrogen-bond donors (Lipinski definition) is 1. The molecular weight excluding hydrogens is 323 g/mol. The minimum Gasteiger partial charge on any atom is -0.352 e. The molecule has 2 fully saturated rings. The van der Waals surface area contributed by atoms with E-state index in [2.05, 4.69) is 5.32 Å². The normalized spacial score (nSPS) is 26.5. The summed E-state index contributed by atoms with van der Waals surface area (Å²) >= 11 is 12.0. The summed E-state index contributed by atoms with van der Waals surface area (Å²) in [5.74, 6) is 0.0558. The number of nitrogens with zero attached hydrogens (tertiary/aromatic N) is 1. The van der Waals surface area contributed by atoms with Gasteiger partial charge in [0, 0.05) is 19.0 Å². The Labute approximate surface area is 139 Å². The first-order chi connectivity index (χ1) is 10.3. The van der Waals surface area contributed by atoms with Crippen LogP contribution in [-0.2, 0) is 9.59 Å². The first-order valence-electron chi connectivity index (χ1n) is 7.37. The predicted molar refractivity (Wildman–Crippen MR) is 86.1 cm³/mol. The minimum absolute atomic E-state index is 0.0518. The van der Waals surface area contributed by atoms with Crippen LogP contribution in [0.15, 0.2) is 18.2 Å². The van der Waals surface area contributed by atoms with Gasteiger partial charge >= 0.3 is 0 Å². The van der Waals surface area contributed by atoms with Crippen molar-refractivity contribution in [3.8, 4) is 0 Å². The zero-order chi connectivity index (χ0) is 16.1. The fourth-order valence-corrected chi connectivity index (χ4v) is 3.37. The molecule has 1 aliphatic heterocycles. The number of nitrogens with one attached hydrogen (secondary N) is 1. The van der Waals surface area contributed by atoms with E-state index in [-0.39, 0.29) is 23.7 Å². The number of rotatable bonds is 2. The van der Waals surface area contributed by atoms with Crippen molar-refractivity contribution >= 4 is 35.0 Å². The van der Waals surface area contributed by atoms with E-state index >= 15 is 0 Å². The third kappa shape index (κ3) is 2.59. The molecule has 2 amide bonds. The fourth-order valence-electron chi connectivity index (χ4n) is 3.06. The quantitative estimate of drug-likeness (QED) is 0.899. The number of amides is 2. The highest BCUT2D eigenvalue weighted by Crippen LogP contribution is 2.50. The molecule has 0 aromatic heterocycles. The average molecular weight is 341 g/mol. The molecule has 2 aliphatic rings. The van der Waals surface area contributed by atoms with Gasteiger partial charge in [-0.2, -0.15) is 0 Å². The van der Waals surface area contributed by atoms with Crippen LogP contribution in [0.25, 0.3) is 0 Å². The average Bonchev–Trinajstić information content (AvgIpc) is 3.24. The third-order valence-electron chi connectivity index (χ3n) is 4.60. The second-order valence-corrected chi connectivity index (χ2v) is 7.24. The van der Waals surface area contributed by atoms with E-state index in [1.165, 1.54) is 0 Å². The second kappa shape index (κ2) is 5.43. The molecule has 1 aromatic carbocycles. The molecule has 1 aliphatic carbocycles. The highest BCUT2D eigenvalue weighted by molar-refractivity contribution is 6.42. The summed E-state index contributed by atoms with van der Waals surface area (Å²) in [6, 6.07) is 5.51. The van der Waals surface area contributed by atoms with Gasteiger partial charge in [-0.25, -0.2) is 0 Å². The number of halogens is 2. The van der Waals surface area contributed by atoms with Crippen molar-refractivity contribution in [3.05, 3.63) is 33.8 Å². The van der Waals surface area contributed by atoms with Crippen molar-refractivity contribution in [2.75, 3.05) is 13.1 Å². The summed E-state index contributed by atoms with van der Waals surface area (Å²) < 4.78 is 0. The van der Waals surface area contributed by atoms with Gasteiger partial charge in [-0.3, -0.25) is 9.59 Å². The smallest absolute Gasteiger partial charge is 0.245 e. The van der Waals surface area contributed by atoms with E-state index in [0.717, 1.165) is 12.0 Å². The summed E-state index contributed by atoms with van der Waals surface area (Å²) in [4.78, 5) is 26.4. The molecular formula is C16H18Cl2N2O2. The first kappa shape index (κ1) is 15.6. The van der Waals surface area contributed by atoms with E-state index in [1.807, 2.05) is 12.1 Å². The van der Waals surface area contributed by atoms with Crippen LogP contribution in [0.4, 0.5) is 0 Å². The summed E-state index contributed by atoms with van der Waals surface area (Å²) in [6.07, 6.45) is 0.797. The Bertz CT molecular complexity index is 645. The Morgan fingerprint density at radius 1 is 1.32 bits per heavy atom. The molecule has 4 nitrogen and oxygen atoms in total. The molecule has 1 N–H and O–H groups in total. The standard InChI is InChI=1S/C16H18Cl2N2O2/c1-16(2)15(22)19-5-6-20(16)14(21)11-8-10(11)9-3-4-12(17)13(18)7-9/h3-4,7,10-11H,5-6,8H2,1-2H3,(H,19,22)/t10-,11+/m1/s1. The zero-order valence-electron chi connectivity index (χ0n) is 12.5. The molecule has 0 unspecified atom stereocenters. The van der Waals surface area contributed by atoms with Crippen molar-refractivity contribution in [1.82, 2.24) is 10.2 Å². The SMILES string of the molecule is CC1(C)C(=O)NCCN1C(=O)[C@H]1C[C@@H]1c1ccc(Cl)c(Cl)c1. The van der Waals surface area contributed by atoms with E-state index in [4.69, 9.17) is 23.2 Å². The number of benzene rings is 1. The van der Waals surface area contributed by atoms with Gasteiger partial charge in [0.1, 0.15) is 5.54 Å². The number of piperazine rings is 1. The Balaban J connectivity index is 1.75. The van der Waals surface area contributed by atoms with E-state index in [1.54, 1.807) is 24.8 Å². The van der Waals surface area contributed by atoms with Crippen LogP contribution in [0.3, 0.4) is 0 Å². The minimum atomic E-state index is -0.792. The van der Waals surface area contributed by atoms with Gasteiger partial charge in [0.05, 0.1) is 10.0 Å². The summed E-state index contributed by atoms with van der Waals surface area (Å²) in [5.41, 5.74) is 0.243. The molecule has 1 saturated carbocycles. The molecule has 1 heterocycles. The number of carbonyl (C=O) groups excluding carboxylic acids is 2. The van der Waals surface area contributed by atoms with Gasteiger partial charge in [0.2, 0.25) is 11.8 Å². The first-order valence-corrected chi connectivity index (χ1v) is 8.12. The fraction of sp³-hybridized carbons (Fsp3) is 0.500. The van der Waals surface area contributed by atoms with Crippen molar-refractivity contribution in [3.63, 3.8) is 0 Å². The van der Waals surface area contributed by atoms with Crippen LogP contribution in [0, 0.1) is 5.92 Å². The summed E-state index contributed by atoms with van der Waals surface area (Å²) in [6.45, 7) is 4.65. The Morgan fingerprint density at radius 2 is 2.05 bits per heavy atom. The summed E-state index contributed by atoms with van der Waals surface area (Å²) in [7, 11) is 0. The molecule has 3 rings (SSSR count). The van der Waals surface area contributed by atoms with Gasteiger partial charge in [-0.1, -0.05) is 29.3 Å². The van der Waals surface area contributed by atoms with Crippen molar-refractivity contribution in [2.24, 2.45) is 5.92 Å². The van der Waals surface area contributed by atoms with Gasteiger partial charge in [0.15, 0.2) is 0 Å². The second-order valence-electron chi connectivity index (χ2n) is 6.43. The number of hydrogen-bond acceptors (Lipinski definition) is 2.